The minimum absolute atomic E-state index is 0.154. The van der Waals surface area contributed by atoms with Gasteiger partial charge in [-0.1, -0.05) is 29.8 Å². The van der Waals surface area contributed by atoms with Gasteiger partial charge >= 0.3 is 0 Å². The van der Waals surface area contributed by atoms with Gasteiger partial charge in [0.25, 0.3) is 10.0 Å². The number of rotatable bonds is 3. The summed E-state index contributed by atoms with van der Waals surface area (Å²) in [5.74, 6) is 0.145. The number of benzene rings is 2. The lowest BCUT2D eigenvalue weighted by Gasteiger charge is -2.08. The Morgan fingerprint density at radius 2 is 1.50 bits per heavy atom. The molecule has 0 bridgehead atoms. The van der Waals surface area contributed by atoms with Gasteiger partial charge in [0.05, 0.1) is 0 Å². The second kappa shape index (κ2) is 6.76. The molecule has 1 aliphatic heterocycles. The maximum absolute atomic E-state index is 12.5. The van der Waals surface area contributed by atoms with Crippen molar-refractivity contribution in [2.75, 3.05) is 10.6 Å². The summed E-state index contributed by atoms with van der Waals surface area (Å²) in [6, 6.07) is 14.3. The molecule has 3 rings (SSSR count). The van der Waals surface area contributed by atoms with E-state index in [4.69, 9.17) is 0 Å². The van der Waals surface area contributed by atoms with E-state index in [9.17, 15) is 13.2 Å². The lowest BCUT2D eigenvalue weighted by atomic mass is 10.1. The van der Waals surface area contributed by atoms with Crippen molar-refractivity contribution >= 4 is 38.0 Å². The van der Waals surface area contributed by atoms with Gasteiger partial charge < -0.3 is 10.6 Å². The highest BCUT2D eigenvalue weighted by Crippen LogP contribution is 2.33. The maximum Gasteiger partial charge on any atom is 0.285 e. The molecule has 7 heteroatoms. The first-order chi connectivity index (χ1) is 12.3. The van der Waals surface area contributed by atoms with Crippen molar-refractivity contribution in [3.63, 3.8) is 0 Å². The Morgan fingerprint density at radius 3 is 2.08 bits per heavy atom. The summed E-state index contributed by atoms with van der Waals surface area (Å²) < 4.78 is 28.9. The van der Waals surface area contributed by atoms with E-state index in [1.807, 2.05) is 19.1 Å². The Kier molecular flexibility index (Phi) is 4.65. The lowest BCUT2D eigenvalue weighted by Crippen LogP contribution is -2.11. The van der Waals surface area contributed by atoms with Crippen LogP contribution in [0.4, 0.5) is 11.4 Å². The fraction of sp³-hybridized carbons (Fsp3) is 0.158. The number of amidine groups is 1. The third kappa shape index (κ3) is 3.67. The number of carbonyl (C=O) groups is 1. The van der Waals surface area contributed by atoms with E-state index in [-0.39, 0.29) is 10.8 Å². The van der Waals surface area contributed by atoms with Gasteiger partial charge in [-0.3, -0.25) is 4.79 Å². The van der Waals surface area contributed by atoms with Crippen LogP contribution < -0.4 is 10.6 Å². The van der Waals surface area contributed by atoms with Crippen molar-refractivity contribution < 1.29 is 13.2 Å². The smallest absolute Gasteiger partial charge is 0.285 e. The van der Waals surface area contributed by atoms with E-state index in [2.05, 4.69) is 15.0 Å². The highest BCUT2D eigenvalue weighted by atomic mass is 32.2. The van der Waals surface area contributed by atoms with Gasteiger partial charge in [0.2, 0.25) is 5.91 Å². The first-order valence-electron chi connectivity index (χ1n) is 8.04. The molecule has 0 unspecified atom stereocenters. The molecule has 0 spiro atoms. The molecule has 6 nitrogen and oxygen atoms in total. The highest BCUT2D eigenvalue weighted by Gasteiger charge is 2.30. The molecule has 0 saturated carbocycles. The standard InChI is InChI=1S/C19H19N3O3S/c1-12-4-6-15(7-5-12)18-13(2)19(22-26(18,24)25)21-17-10-8-16(9-11-17)20-14(3)23/h4-11H,1-3H3,(H,20,23)(H,21,22). The molecule has 1 amide bonds. The van der Waals surface area contributed by atoms with Gasteiger partial charge in [-0.2, -0.15) is 8.42 Å². The number of sulfonamides is 1. The zero-order valence-corrected chi connectivity index (χ0v) is 15.5. The Balaban J connectivity index is 1.89. The quantitative estimate of drug-likeness (QED) is 0.866. The number of anilines is 2. The molecular weight excluding hydrogens is 350 g/mol. The third-order valence-corrected chi connectivity index (χ3v) is 5.43. The number of amides is 1. The van der Waals surface area contributed by atoms with Crippen LogP contribution >= 0.6 is 0 Å². The average molecular weight is 369 g/mol. The molecule has 0 atom stereocenters. The van der Waals surface area contributed by atoms with Gasteiger partial charge in [-0.25, -0.2) is 0 Å². The minimum Gasteiger partial charge on any atom is -0.339 e. The topological polar surface area (TPSA) is 87.6 Å². The molecule has 26 heavy (non-hydrogen) atoms. The molecule has 0 aliphatic carbocycles. The van der Waals surface area contributed by atoms with Crippen LogP contribution in [0.15, 0.2) is 58.5 Å². The zero-order valence-electron chi connectivity index (χ0n) is 14.7. The number of aryl methyl sites for hydroxylation is 1. The minimum atomic E-state index is -3.75. The van der Waals surface area contributed by atoms with Crippen molar-refractivity contribution in [1.29, 1.82) is 0 Å². The predicted octanol–water partition coefficient (Wildman–Crippen LogP) is 3.54. The second-order valence-corrected chi connectivity index (χ2v) is 7.66. The number of hydrogen-bond acceptors (Lipinski definition) is 4. The Bertz CT molecular complexity index is 1020. The molecule has 1 aliphatic rings. The average Bonchev–Trinajstić information content (AvgIpc) is 2.79. The monoisotopic (exact) mass is 369 g/mol. The normalized spacial score (nSPS) is 15.6. The summed E-state index contributed by atoms with van der Waals surface area (Å²) in [5.41, 5.74) is 3.59. The molecule has 134 valence electrons. The molecule has 2 N–H and O–H groups in total. The number of nitrogens with zero attached hydrogens (tertiary/aromatic N) is 1. The number of hydrogen-bond donors (Lipinski definition) is 2. The van der Waals surface area contributed by atoms with Crippen LogP contribution in [0, 0.1) is 6.92 Å². The van der Waals surface area contributed by atoms with E-state index >= 15 is 0 Å². The fourth-order valence-corrected chi connectivity index (χ4v) is 4.13. The Hall–Kier alpha value is -2.93. The molecule has 0 fully saturated rings. The number of carbonyl (C=O) groups excluding carboxylic acids is 1. The van der Waals surface area contributed by atoms with Crippen LogP contribution in [0.25, 0.3) is 4.91 Å². The molecule has 2 aromatic rings. The fourth-order valence-electron chi connectivity index (χ4n) is 2.70. The van der Waals surface area contributed by atoms with Crippen LogP contribution in [0.5, 0.6) is 0 Å². The maximum atomic E-state index is 12.5. The van der Waals surface area contributed by atoms with Crippen LogP contribution in [0.2, 0.25) is 0 Å². The Labute approximate surface area is 152 Å². The molecule has 1 heterocycles. The second-order valence-electron chi connectivity index (χ2n) is 6.12. The van der Waals surface area contributed by atoms with Gasteiger partial charge in [-0.15, -0.1) is 4.40 Å². The van der Waals surface area contributed by atoms with Crippen molar-refractivity contribution in [3.05, 3.63) is 65.2 Å². The summed E-state index contributed by atoms with van der Waals surface area (Å²) >= 11 is 0. The van der Waals surface area contributed by atoms with Crippen molar-refractivity contribution in [2.45, 2.75) is 20.8 Å². The highest BCUT2D eigenvalue weighted by molar-refractivity contribution is 8.00. The Morgan fingerprint density at radius 1 is 0.923 bits per heavy atom. The van der Waals surface area contributed by atoms with E-state index in [1.165, 1.54) is 6.92 Å². The first kappa shape index (κ1) is 17.9. The molecule has 0 aromatic heterocycles. The molecule has 0 radical (unpaired) electrons. The van der Waals surface area contributed by atoms with Gasteiger partial charge in [0.15, 0.2) is 0 Å². The lowest BCUT2D eigenvalue weighted by molar-refractivity contribution is -0.114. The molecule has 2 aromatic carbocycles. The van der Waals surface area contributed by atoms with Crippen molar-refractivity contribution in [2.24, 2.45) is 4.40 Å². The summed E-state index contributed by atoms with van der Waals surface area (Å²) in [6.07, 6.45) is 0. The predicted molar refractivity (Wildman–Crippen MR) is 104 cm³/mol. The zero-order chi connectivity index (χ0) is 18.9. The summed E-state index contributed by atoms with van der Waals surface area (Å²) in [5, 5.41) is 5.72. The summed E-state index contributed by atoms with van der Waals surface area (Å²) in [6.45, 7) is 5.12. The number of nitrogens with one attached hydrogen (secondary N) is 2. The van der Waals surface area contributed by atoms with Crippen LogP contribution in [-0.2, 0) is 14.8 Å². The van der Waals surface area contributed by atoms with E-state index in [0.717, 1.165) is 5.56 Å². The van der Waals surface area contributed by atoms with Gasteiger partial charge in [0.1, 0.15) is 10.7 Å². The van der Waals surface area contributed by atoms with E-state index in [0.29, 0.717) is 28.3 Å². The van der Waals surface area contributed by atoms with Crippen LogP contribution in [0.3, 0.4) is 0 Å². The van der Waals surface area contributed by atoms with Gasteiger partial charge in [-0.05, 0) is 43.7 Å². The van der Waals surface area contributed by atoms with Crippen molar-refractivity contribution in [3.8, 4) is 0 Å². The summed E-state index contributed by atoms with van der Waals surface area (Å²) in [4.78, 5) is 11.3. The molecule has 0 saturated heterocycles. The molecular formula is C19H19N3O3S. The van der Waals surface area contributed by atoms with Crippen LogP contribution in [0.1, 0.15) is 25.0 Å². The first-order valence-corrected chi connectivity index (χ1v) is 9.48. The van der Waals surface area contributed by atoms with E-state index < -0.39 is 10.0 Å². The largest absolute Gasteiger partial charge is 0.339 e. The van der Waals surface area contributed by atoms with Crippen LogP contribution in [-0.4, -0.2) is 20.2 Å². The third-order valence-electron chi connectivity index (χ3n) is 3.95. The van der Waals surface area contributed by atoms with Crippen molar-refractivity contribution in [1.82, 2.24) is 0 Å². The SMILES string of the molecule is CC(=O)Nc1ccc(NC2=NS(=O)(=O)C(c3ccc(C)cc3)=C2C)cc1. The van der Waals surface area contributed by atoms with E-state index in [1.54, 1.807) is 43.3 Å². The summed E-state index contributed by atoms with van der Waals surface area (Å²) in [7, 11) is -3.75. The van der Waals surface area contributed by atoms with Gasteiger partial charge in [0, 0.05) is 23.9 Å².